The largest absolute Gasteiger partial charge is 0.385 e. The lowest BCUT2D eigenvalue weighted by atomic mass is 10.0. The van der Waals surface area contributed by atoms with Crippen molar-refractivity contribution in [2.75, 3.05) is 37.5 Å². The van der Waals surface area contributed by atoms with Crippen molar-refractivity contribution in [3.05, 3.63) is 23.8 Å². The second-order valence-corrected chi connectivity index (χ2v) is 4.75. The Hall–Kier alpha value is -1.22. The van der Waals surface area contributed by atoms with E-state index in [4.69, 9.17) is 4.74 Å². The molecule has 94 valence electrons. The van der Waals surface area contributed by atoms with E-state index in [1.807, 2.05) is 0 Å². The van der Waals surface area contributed by atoms with Crippen LogP contribution in [0.15, 0.2) is 18.2 Å². The minimum Gasteiger partial charge on any atom is -0.385 e. The van der Waals surface area contributed by atoms with Crippen LogP contribution in [-0.4, -0.2) is 33.4 Å². The molecule has 1 aromatic rings. The number of anilines is 2. The Morgan fingerprint density at radius 2 is 2.29 bits per heavy atom. The van der Waals surface area contributed by atoms with Gasteiger partial charge in [0.15, 0.2) is 0 Å². The average Bonchev–Trinajstić information content (AvgIpc) is 2.37. The molecule has 3 nitrogen and oxygen atoms in total. The number of methoxy groups -OCH3 is 1. The smallest absolute Gasteiger partial charge is 0.0663 e. The summed E-state index contributed by atoms with van der Waals surface area (Å²) in [5, 5.41) is 3.47. The molecule has 0 saturated heterocycles. The molecule has 0 aliphatic carbocycles. The monoisotopic (exact) mass is 234 g/mol. The summed E-state index contributed by atoms with van der Waals surface area (Å²) in [7, 11) is 3.90. The summed E-state index contributed by atoms with van der Waals surface area (Å²) < 4.78 is 5.23. The molecule has 1 unspecified atom stereocenters. The van der Waals surface area contributed by atoms with Gasteiger partial charge in [-0.15, -0.1) is 0 Å². The predicted molar refractivity (Wildman–Crippen MR) is 73.0 cm³/mol. The van der Waals surface area contributed by atoms with E-state index >= 15 is 0 Å². The molecule has 1 aliphatic heterocycles. The lowest BCUT2D eigenvalue weighted by Crippen LogP contribution is -2.33. The van der Waals surface area contributed by atoms with Crippen LogP contribution in [-0.2, 0) is 11.2 Å². The summed E-state index contributed by atoms with van der Waals surface area (Å²) in [6.45, 7) is 4.04. The highest BCUT2D eigenvalue weighted by molar-refractivity contribution is 5.67. The molecule has 0 spiro atoms. The molecule has 0 bridgehead atoms. The summed E-state index contributed by atoms with van der Waals surface area (Å²) in [4.78, 5) is 2.31. The van der Waals surface area contributed by atoms with Gasteiger partial charge in [0, 0.05) is 38.1 Å². The van der Waals surface area contributed by atoms with Crippen molar-refractivity contribution >= 4 is 11.4 Å². The van der Waals surface area contributed by atoms with Crippen LogP contribution in [0.2, 0.25) is 0 Å². The van der Waals surface area contributed by atoms with Crippen molar-refractivity contribution in [3.63, 3.8) is 0 Å². The molecule has 0 fully saturated rings. The number of ether oxygens (including phenoxy) is 1. The van der Waals surface area contributed by atoms with E-state index in [-0.39, 0.29) is 0 Å². The van der Waals surface area contributed by atoms with E-state index in [1.165, 1.54) is 29.8 Å². The Morgan fingerprint density at radius 3 is 3.06 bits per heavy atom. The summed E-state index contributed by atoms with van der Waals surface area (Å²) in [5.41, 5.74) is 4.08. The minimum absolute atomic E-state index is 0.397. The zero-order valence-corrected chi connectivity index (χ0v) is 11.0. The highest BCUT2D eigenvalue weighted by Gasteiger charge is 2.17. The number of hydrogen-bond donors (Lipinski definition) is 1. The van der Waals surface area contributed by atoms with Crippen LogP contribution >= 0.6 is 0 Å². The molecule has 1 heterocycles. The molecular formula is C14H22N2O. The fourth-order valence-electron chi connectivity index (χ4n) is 2.41. The quantitative estimate of drug-likeness (QED) is 0.866. The number of hydrogen-bond acceptors (Lipinski definition) is 3. The highest BCUT2D eigenvalue weighted by atomic mass is 16.5. The van der Waals surface area contributed by atoms with Gasteiger partial charge < -0.3 is 15.0 Å². The van der Waals surface area contributed by atoms with E-state index in [0.29, 0.717) is 6.04 Å². The molecule has 2 rings (SSSR count). The van der Waals surface area contributed by atoms with E-state index < -0.39 is 0 Å². The fraction of sp³-hybridized carbons (Fsp3) is 0.571. The van der Waals surface area contributed by atoms with E-state index in [2.05, 4.69) is 42.4 Å². The lowest BCUT2D eigenvalue weighted by Gasteiger charge is -2.31. The molecule has 0 radical (unpaired) electrons. The number of nitrogens with one attached hydrogen (secondary N) is 1. The molecule has 0 saturated carbocycles. The Bertz CT molecular complexity index is 378. The van der Waals surface area contributed by atoms with E-state index in [1.54, 1.807) is 7.11 Å². The van der Waals surface area contributed by atoms with Gasteiger partial charge in [0.2, 0.25) is 0 Å². The summed E-state index contributed by atoms with van der Waals surface area (Å²) >= 11 is 0. The van der Waals surface area contributed by atoms with Gasteiger partial charge in [0.05, 0.1) is 6.61 Å². The van der Waals surface area contributed by atoms with Gasteiger partial charge in [-0.2, -0.15) is 0 Å². The summed E-state index contributed by atoms with van der Waals surface area (Å²) in [5.74, 6) is 0. The first-order valence-corrected chi connectivity index (χ1v) is 6.31. The van der Waals surface area contributed by atoms with Gasteiger partial charge in [-0.3, -0.25) is 0 Å². The SMILES string of the molecule is COCC(C)N(C)c1cccc2c1CCCN2. The topological polar surface area (TPSA) is 24.5 Å². The predicted octanol–water partition coefficient (Wildman–Crippen LogP) is 2.52. The molecule has 0 aromatic heterocycles. The van der Waals surface area contributed by atoms with Crippen molar-refractivity contribution in [2.24, 2.45) is 0 Å². The first-order valence-electron chi connectivity index (χ1n) is 6.31. The molecule has 3 heteroatoms. The van der Waals surface area contributed by atoms with Crippen LogP contribution in [0.25, 0.3) is 0 Å². The lowest BCUT2D eigenvalue weighted by molar-refractivity contribution is 0.183. The number of benzene rings is 1. The number of rotatable bonds is 4. The van der Waals surface area contributed by atoms with Crippen LogP contribution in [0.1, 0.15) is 18.9 Å². The van der Waals surface area contributed by atoms with Crippen molar-refractivity contribution < 1.29 is 4.74 Å². The highest BCUT2D eigenvalue weighted by Crippen LogP contribution is 2.31. The second kappa shape index (κ2) is 5.41. The van der Waals surface area contributed by atoms with Crippen LogP contribution < -0.4 is 10.2 Å². The number of nitrogens with zero attached hydrogens (tertiary/aromatic N) is 1. The fourth-order valence-corrected chi connectivity index (χ4v) is 2.41. The van der Waals surface area contributed by atoms with Crippen LogP contribution in [0.3, 0.4) is 0 Å². The standard InChI is InChI=1S/C14H22N2O/c1-11(10-17-3)16(2)14-8-4-7-13-12(14)6-5-9-15-13/h4,7-8,11,15H,5-6,9-10H2,1-3H3. The Labute approximate surface area is 104 Å². The number of likely N-dealkylation sites (N-methyl/N-ethyl adjacent to an activating group) is 1. The van der Waals surface area contributed by atoms with E-state index in [9.17, 15) is 0 Å². The van der Waals surface area contributed by atoms with Crippen molar-refractivity contribution in [1.29, 1.82) is 0 Å². The van der Waals surface area contributed by atoms with Gasteiger partial charge in [0.1, 0.15) is 0 Å². The Morgan fingerprint density at radius 1 is 1.47 bits per heavy atom. The van der Waals surface area contributed by atoms with Gasteiger partial charge in [0.25, 0.3) is 0 Å². The minimum atomic E-state index is 0.397. The van der Waals surface area contributed by atoms with Crippen LogP contribution in [0.5, 0.6) is 0 Å². The maximum atomic E-state index is 5.23. The van der Waals surface area contributed by atoms with Crippen molar-refractivity contribution in [2.45, 2.75) is 25.8 Å². The Kier molecular flexibility index (Phi) is 3.89. The average molecular weight is 234 g/mol. The zero-order chi connectivity index (χ0) is 12.3. The van der Waals surface area contributed by atoms with Gasteiger partial charge in [-0.1, -0.05) is 6.07 Å². The third kappa shape index (κ3) is 2.55. The van der Waals surface area contributed by atoms with Crippen molar-refractivity contribution in [3.8, 4) is 0 Å². The first-order chi connectivity index (χ1) is 8.24. The van der Waals surface area contributed by atoms with Crippen LogP contribution in [0.4, 0.5) is 11.4 Å². The molecular weight excluding hydrogens is 212 g/mol. The maximum absolute atomic E-state index is 5.23. The Balaban J connectivity index is 2.25. The molecule has 1 atom stereocenters. The second-order valence-electron chi connectivity index (χ2n) is 4.75. The zero-order valence-electron chi connectivity index (χ0n) is 11.0. The van der Waals surface area contributed by atoms with E-state index in [0.717, 1.165) is 13.2 Å². The first kappa shape index (κ1) is 12.2. The molecule has 17 heavy (non-hydrogen) atoms. The molecule has 0 amide bonds. The van der Waals surface area contributed by atoms with Gasteiger partial charge in [-0.05, 0) is 37.5 Å². The maximum Gasteiger partial charge on any atom is 0.0663 e. The number of fused-ring (bicyclic) bond motifs is 1. The van der Waals surface area contributed by atoms with Crippen LogP contribution in [0, 0.1) is 0 Å². The molecule has 1 aromatic carbocycles. The molecule has 1 aliphatic rings. The third-order valence-electron chi connectivity index (χ3n) is 3.52. The summed E-state index contributed by atoms with van der Waals surface area (Å²) in [6.07, 6.45) is 2.39. The van der Waals surface area contributed by atoms with Gasteiger partial charge >= 0.3 is 0 Å². The van der Waals surface area contributed by atoms with Gasteiger partial charge in [-0.25, -0.2) is 0 Å². The summed E-state index contributed by atoms with van der Waals surface area (Å²) in [6, 6.07) is 6.90. The molecule has 1 N–H and O–H groups in total. The van der Waals surface area contributed by atoms with Crippen molar-refractivity contribution in [1.82, 2.24) is 0 Å². The third-order valence-corrected chi connectivity index (χ3v) is 3.52. The normalized spacial score (nSPS) is 15.9.